The van der Waals surface area contributed by atoms with Crippen molar-refractivity contribution in [2.45, 2.75) is 24.3 Å². The van der Waals surface area contributed by atoms with Gasteiger partial charge < -0.3 is 5.11 Å². The molecule has 0 radical (unpaired) electrons. The third-order valence-corrected chi connectivity index (χ3v) is 5.21. The number of rotatable bonds is 5. The van der Waals surface area contributed by atoms with Crippen LogP contribution < -0.4 is 0 Å². The molecule has 0 amide bonds. The second-order valence-electron chi connectivity index (χ2n) is 4.50. The third kappa shape index (κ3) is 3.08. The first-order chi connectivity index (χ1) is 8.58. The average Bonchev–Trinajstić information content (AvgIpc) is 2.28. The number of hydrogen-bond donors (Lipinski definition) is 1. The minimum Gasteiger partial charge on any atom is -0.480 e. The van der Waals surface area contributed by atoms with Crippen LogP contribution in [0.1, 0.15) is 19.4 Å². The van der Waals surface area contributed by atoms with E-state index in [4.69, 9.17) is 5.11 Å². The molecule has 8 heteroatoms. The first-order valence-electron chi connectivity index (χ1n) is 5.27. The van der Waals surface area contributed by atoms with Crippen LogP contribution in [0.25, 0.3) is 0 Å². The van der Waals surface area contributed by atoms with Gasteiger partial charge in [-0.25, -0.2) is 8.42 Å². The SMILES string of the molecule is CC(C)(C(=O)O)S(=O)(=O)Cc1cccc([N+](=O)[O-])c1. The molecule has 0 aliphatic heterocycles. The smallest absolute Gasteiger partial charge is 0.324 e. The van der Waals surface area contributed by atoms with Gasteiger partial charge in [-0.1, -0.05) is 12.1 Å². The molecule has 1 aromatic carbocycles. The molecule has 0 saturated heterocycles. The van der Waals surface area contributed by atoms with Gasteiger partial charge in [0.05, 0.1) is 10.7 Å². The van der Waals surface area contributed by atoms with Gasteiger partial charge in [0.15, 0.2) is 14.6 Å². The highest BCUT2D eigenvalue weighted by Gasteiger charge is 2.41. The zero-order chi connectivity index (χ0) is 14.8. The molecule has 1 aromatic rings. The Balaban J connectivity index is 3.13. The summed E-state index contributed by atoms with van der Waals surface area (Å²) in [6.45, 7) is 2.17. The predicted octanol–water partition coefficient (Wildman–Crippen LogP) is 1.37. The Hall–Kier alpha value is -1.96. The maximum absolute atomic E-state index is 12.0. The van der Waals surface area contributed by atoms with Gasteiger partial charge in [0.25, 0.3) is 5.69 Å². The number of carbonyl (C=O) groups is 1. The van der Waals surface area contributed by atoms with E-state index in [0.717, 1.165) is 19.9 Å². The number of carboxylic acid groups (broad SMARTS) is 1. The van der Waals surface area contributed by atoms with Crippen LogP contribution in [0.3, 0.4) is 0 Å². The molecule has 0 aliphatic rings. The lowest BCUT2D eigenvalue weighted by atomic mass is 10.2. The minimum absolute atomic E-state index is 0.184. The van der Waals surface area contributed by atoms with Gasteiger partial charge in [-0.3, -0.25) is 14.9 Å². The van der Waals surface area contributed by atoms with Crippen LogP contribution in [0.2, 0.25) is 0 Å². The van der Waals surface area contributed by atoms with Crippen molar-refractivity contribution in [2.24, 2.45) is 0 Å². The minimum atomic E-state index is -3.98. The van der Waals surface area contributed by atoms with Crippen LogP contribution in [-0.2, 0) is 20.4 Å². The van der Waals surface area contributed by atoms with Gasteiger partial charge in [-0.15, -0.1) is 0 Å². The summed E-state index contributed by atoms with van der Waals surface area (Å²) >= 11 is 0. The molecule has 0 spiro atoms. The fourth-order valence-corrected chi connectivity index (χ4v) is 2.54. The van der Waals surface area contributed by atoms with Gasteiger partial charge in [-0.05, 0) is 19.4 Å². The van der Waals surface area contributed by atoms with Crippen LogP contribution in [0.15, 0.2) is 24.3 Å². The molecule has 0 unspecified atom stereocenters. The predicted molar refractivity (Wildman–Crippen MR) is 67.4 cm³/mol. The molecule has 7 nitrogen and oxygen atoms in total. The highest BCUT2D eigenvalue weighted by molar-refractivity contribution is 7.92. The molecule has 0 heterocycles. The summed E-state index contributed by atoms with van der Waals surface area (Å²) in [6, 6.07) is 5.12. The molecule has 104 valence electrons. The quantitative estimate of drug-likeness (QED) is 0.646. The number of non-ortho nitro benzene ring substituents is 1. The van der Waals surface area contributed by atoms with E-state index in [1.807, 2.05) is 0 Å². The number of nitro benzene ring substituents is 1. The molecule has 0 saturated carbocycles. The van der Waals surface area contributed by atoms with Crippen molar-refractivity contribution in [2.75, 3.05) is 0 Å². The van der Waals surface area contributed by atoms with Crippen LogP contribution in [-0.4, -0.2) is 29.2 Å². The van der Waals surface area contributed by atoms with E-state index in [-0.39, 0.29) is 11.3 Å². The van der Waals surface area contributed by atoms with Gasteiger partial charge in [0.1, 0.15) is 0 Å². The third-order valence-electron chi connectivity index (χ3n) is 2.77. The normalized spacial score (nSPS) is 12.1. The van der Waals surface area contributed by atoms with Crippen LogP contribution in [0.4, 0.5) is 5.69 Å². The highest BCUT2D eigenvalue weighted by Crippen LogP contribution is 2.23. The zero-order valence-corrected chi connectivity index (χ0v) is 11.2. The molecule has 0 aromatic heterocycles. The number of nitro groups is 1. The van der Waals surface area contributed by atoms with Crippen LogP contribution in [0, 0.1) is 10.1 Å². The van der Waals surface area contributed by atoms with Crippen molar-refractivity contribution in [1.29, 1.82) is 0 Å². The fourth-order valence-electron chi connectivity index (χ4n) is 1.29. The largest absolute Gasteiger partial charge is 0.480 e. The van der Waals surface area contributed by atoms with E-state index in [9.17, 15) is 23.3 Å². The first-order valence-corrected chi connectivity index (χ1v) is 6.92. The van der Waals surface area contributed by atoms with E-state index in [0.29, 0.717) is 0 Å². The first kappa shape index (κ1) is 15.1. The number of hydrogen-bond acceptors (Lipinski definition) is 5. The van der Waals surface area contributed by atoms with Crippen molar-refractivity contribution in [3.63, 3.8) is 0 Å². The van der Waals surface area contributed by atoms with Crippen LogP contribution >= 0.6 is 0 Å². The summed E-state index contributed by atoms with van der Waals surface area (Å²) in [7, 11) is -3.98. The number of carboxylic acids is 1. The molecule has 0 aliphatic carbocycles. The Bertz CT molecular complexity index is 620. The van der Waals surface area contributed by atoms with E-state index in [1.165, 1.54) is 18.2 Å². The molecule has 1 rings (SSSR count). The van der Waals surface area contributed by atoms with Gasteiger partial charge in [-0.2, -0.15) is 0 Å². The van der Waals surface area contributed by atoms with Crippen molar-refractivity contribution in [1.82, 2.24) is 0 Å². The Kier molecular flexibility index (Phi) is 3.94. The Morgan fingerprint density at radius 2 is 2.00 bits per heavy atom. The standard InChI is InChI=1S/C11H13NO6S/c1-11(2,10(13)14)19(17,18)7-8-4-3-5-9(6-8)12(15)16/h3-6H,7H2,1-2H3,(H,13,14). The highest BCUT2D eigenvalue weighted by atomic mass is 32.2. The summed E-state index contributed by atoms with van der Waals surface area (Å²) in [5.41, 5.74) is -0.0515. The lowest BCUT2D eigenvalue weighted by Crippen LogP contribution is -2.41. The fraction of sp³-hybridized carbons (Fsp3) is 0.364. The maximum Gasteiger partial charge on any atom is 0.324 e. The van der Waals surface area contributed by atoms with E-state index in [2.05, 4.69) is 0 Å². The Labute approximate surface area is 109 Å². The Morgan fingerprint density at radius 1 is 1.42 bits per heavy atom. The van der Waals surface area contributed by atoms with Crippen molar-refractivity contribution in [3.8, 4) is 0 Å². The molecule has 0 bridgehead atoms. The Morgan fingerprint density at radius 3 is 2.47 bits per heavy atom. The zero-order valence-electron chi connectivity index (χ0n) is 10.4. The lowest BCUT2D eigenvalue weighted by Gasteiger charge is -2.19. The lowest BCUT2D eigenvalue weighted by molar-refractivity contribution is -0.384. The van der Waals surface area contributed by atoms with E-state index >= 15 is 0 Å². The molecular formula is C11H13NO6S. The molecule has 19 heavy (non-hydrogen) atoms. The summed E-state index contributed by atoms with van der Waals surface area (Å²) in [5, 5.41) is 19.5. The van der Waals surface area contributed by atoms with E-state index < -0.39 is 31.2 Å². The molecular weight excluding hydrogens is 274 g/mol. The van der Waals surface area contributed by atoms with Crippen LogP contribution in [0.5, 0.6) is 0 Å². The summed E-state index contributed by atoms with van der Waals surface area (Å²) in [6.07, 6.45) is 0. The number of benzene rings is 1. The van der Waals surface area contributed by atoms with E-state index in [1.54, 1.807) is 0 Å². The molecule has 1 N–H and O–H groups in total. The van der Waals surface area contributed by atoms with Gasteiger partial charge in [0, 0.05) is 12.1 Å². The molecule has 0 atom stereocenters. The number of sulfone groups is 1. The monoisotopic (exact) mass is 287 g/mol. The second-order valence-corrected chi connectivity index (χ2v) is 7.04. The summed E-state index contributed by atoms with van der Waals surface area (Å²) in [4.78, 5) is 20.9. The molecule has 0 fully saturated rings. The van der Waals surface area contributed by atoms with Gasteiger partial charge >= 0.3 is 5.97 Å². The number of nitrogens with zero attached hydrogens (tertiary/aromatic N) is 1. The summed E-state index contributed by atoms with van der Waals surface area (Å²) in [5.74, 6) is -2.02. The number of aliphatic carboxylic acids is 1. The second kappa shape index (κ2) is 4.96. The topological polar surface area (TPSA) is 115 Å². The van der Waals surface area contributed by atoms with Gasteiger partial charge in [0.2, 0.25) is 0 Å². The van der Waals surface area contributed by atoms with Crippen molar-refractivity contribution >= 4 is 21.5 Å². The summed E-state index contributed by atoms with van der Waals surface area (Å²) < 4.78 is 22.0. The van der Waals surface area contributed by atoms with Crippen molar-refractivity contribution < 1.29 is 23.2 Å². The maximum atomic E-state index is 12.0. The van der Waals surface area contributed by atoms with Crippen molar-refractivity contribution in [3.05, 3.63) is 39.9 Å². The average molecular weight is 287 g/mol.